The molecule has 0 amide bonds. The van der Waals surface area contributed by atoms with E-state index in [1.54, 1.807) is 12.3 Å². The maximum atomic E-state index is 11.0. The van der Waals surface area contributed by atoms with E-state index in [1.807, 2.05) is 30.5 Å². The number of carboxylic acid groups (broad SMARTS) is 1. The average molecular weight is 263 g/mol. The predicted octanol–water partition coefficient (Wildman–Crippen LogP) is 0.403. The Kier molecular flexibility index (Phi) is 1.99. The molecule has 96 valence electrons. The largest absolute Gasteiger partial charge is 0.478 e. The molecular formula is C15H9N3O2. The van der Waals surface area contributed by atoms with Crippen LogP contribution in [0.3, 0.4) is 0 Å². The van der Waals surface area contributed by atoms with Gasteiger partial charge in [-0.05, 0) is 23.4 Å². The number of hydrogen-bond donors (Lipinski definition) is 1. The van der Waals surface area contributed by atoms with Gasteiger partial charge in [-0.3, -0.25) is 4.98 Å². The first-order valence-electron chi connectivity index (χ1n) is 6.14. The Hall–Kier alpha value is -2.82. The normalized spacial score (nSPS) is 21.2. The van der Waals surface area contributed by atoms with Crippen molar-refractivity contribution in [1.29, 1.82) is 0 Å². The van der Waals surface area contributed by atoms with Gasteiger partial charge in [-0.2, -0.15) is 0 Å². The second-order valence-electron chi connectivity index (χ2n) is 4.86. The molecule has 2 aromatic heterocycles. The molecule has 0 saturated heterocycles. The van der Waals surface area contributed by atoms with Crippen LogP contribution in [-0.2, 0) is 5.41 Å². The van der Waals surface area contributed by atoms with Gasteiger partial charge in [0.1, 0.15) is 0 Å². The summed E-state index contributed by atoms with van der Waals surface area (Å²) in [5, 5.41) is 10.6. The van der Waals surface area contributed by atoms with Gasteiger partial charge in [-0.15, -0.1) is 0 Å². The molecule has 4 rings (SSSR count). The fraction of sp³-hybridized carbons (Fsp3) is 0.0667. The second-order valence-corrected chi connectivity index (χ2v) is 4.86. The Morgan fingerprint density at radius 2 is 2.15 bits per heavy atom. The minimum atomic E-state index is -0.975. The summed E-state index contributed by atoms with van der Waals surface area (Å²) in [6.07, 6.45) is 8.88. The maximum absolute atomic E-state index is 11.0. The summed E-state index contributed by atoms with van der Waals surface area (Å²) in [5.41, 5.74) is 0.734. The van der Waals surface area contributed by atoms with Crippen molar-refractivity contribution in [3.63, 3.8) is 0 Å². The first-order chi connectivity index (χ1) is 9.68. The average Bonchev–Trinajstić information content (AvgIpc) is 3.00. The van der Waals surface area contributed by atoms with Crippen molar-refractivity contribution in [2.75, 3.05) is 0 Å². The lowest BCUT2D eigenvalue weighted by atomic mass is 9.85. The molecule has 3 heterocycles. The van der Waals surface area contributed by atoms with Crippen molar-refractivity contribution in [3.8, 4) is 0 Å². The monoisotopic (exact) mass is 263 g/mol. The van der Waals surface area contributed by atoms with Crippen molar-refractivity contribution in [2.24, 2.45) is 4.99 Å². The number of hydrogen-bond acceptors (Lipinski definition) is 4. The fourth-order valence-electron chi connectivity index (χ4n) is 2.68. The van der Waals surface area contributed by atoms with Crippen molar-refractivity contribution < 1.29 is 9.90 Å². The van der Waals surface area contributed by atoms with E-state index >= 15 is 0 Å². The molecule has 5 heteroatoms. The van der Waals surface area contributed by atoms with Gasteiger partial charge >= 0.3 is 5.97 Å². The SMILES string of the molecule is O=C(O)c1cnc2c(c1)=CC1(C=Nc3ncccc31)C=2. The minimum Gasteiger partial charge on any atom is -0.478 e. The Morgan fingerprint density at radius 1 is 1.25 bits per heavy atom. The van der Waals surface area contributed by atoms with E-state index in [9.17, 15) is 4.79 Å². The highest BCUT2D eigenvalue weighted by Crippen LogP contribution is 2.38. The third kappa shape index (κ3) is 1.37. The first-order valence-corrected chi connectivity index (χ1v) is 6.14. The Balaban J connectivity index is 1.97. The van der Waals surface area contributed by atoms with Crippen LogP contribution in [0.15, 0.2) is 35.6 Å². The number of nitrogens with zero attached hydrogens (tertiary/aromatic N) is 3. The van der Waals surface area contributed by atoms with E-state index in [2.05, 4.69) is 15.0 Å². The van der Waals surface area contributed by atoms with E-state index in [-0.39, 0.29) is 5.56 Å². The molecule has 1 spiro atoms. The smallest absolute Gasteiger partial charge is 0.337 e. The quantitative estimate of drug-likeness (QED) is 0.808. The zero-order valence-corrected chi connectivity index (χ0v) is 10.3. The van der Waals surface area contributed by atoms with Gasteiger partial charge < -0.3 is 5.11 Å². The van der Waals surface area contributed by atoms with Gasteiger partial charge in [0, 0.05) is 24.2 Å². The molecule has 1 aliphatic carbocycles. The lowest BCUT2D eigenvalue weighted by molar-refractivity contribution is 0.0696. The summed E-state index contributed by atoms with van der Waals surface area (Å²) in [6.45, 7) is 0. The van der Waals surface area contributed by atoms with Gasteiger partial charge in [-0.1, -0.05) is 12.1 Å². The summed E-state index contributed by atoms with van der Waals surface area (Å²) < 4.78 is 0. The zero-order chi connectivity index (χ0) is 13.7. The Labute approximate surface area is 113 Å². The van der Waals surface area contributed by atoms with E-state index in [0.717, 1.165) is 16.1 Å². The molecule has 1 aliphatic heterocycles. The van der Waals surface area contributed by atoms with Crippen LogP contribution in [0.5, 0.6) is 0 Å². The molecule has 1 atom stereocenters. The molecule has 1 unspecified atom stereocenters. The Bertz CT molecular complexity index is 902. The van der Waals surface area contributed by atoms with E-state index < -0.39 is 11.4 Å². The highest BCUT2D eigenvalue weighted by molar-refractivity contribution is 6.00. The van der Waals surface area contributed by atoms with Gasteiger partial charge in [0.2, 0.25) is 0 Å². The number of carboxylic acids is 1. The summed E-state index contributed by atoms with van der Waals surface area (Å²) in [4.78, 5) is 23.8. The van der Waals surface area contributed by atoms with Crippen LogP contribution in [0.25, 0.3) is 12.2 Å². The molecule has 0 bridgehead atoms. The van der Waals surface area contributed by atoms with Crippen molar-refractivity contribution in [2.45, 2.75) is 5.41 Å². The van der Waals surface area contributed by atoms with Gasteiger partial charge in [0.25, 0.3) is 0 Å². The summed E-state index contributed by atoms with van der Waals surface area (Å²) in [7, 11) is 0. The molecule has 0 aromatic carbocycles. The summed E-state index contributed by atoms with van der Waals surface area (Å²) in [5.74, 6) is -0.275. The van der Waals surface area contributed by atoms with E-state index in [1.165, 1.54) is 6.20 Å². The van der Waals surface area contributed by atoms with Crippen molar-refractivity contribution in [1.82, 2.24) is 9.97 Å². The molecule has 5 nitrogen and oxygen atoms in total. The number of fused-ring (bicyclic) bond motifs is 3. The fourth-order valence-corrected chi connectivity index (χ4v) is 2.68. The number of aromatic nitrogens is 2. The number of carbonyl (C=O) groups is 1. The van der Waals surface area contributed by atoms with Crippen LogP contribution < -0.4 is 10.6 Å². The Morgan fingerprint density at radius 3 is 3.00 bits per heavy atom. The predicted molar refractivity (Wildman–Crippen MR) is 73.4 cm³/mol. The maximum Gasteiger partial charge on any atom is 0.337 e. The van der Waals surface area contributed by atoms with Crippen LogP contribution in [0.4, 0.5) is 5.82 Å². The molecule has 0 radical (unpaired) electrons. The molecule has 0 fully saturated rings. The highest BCUT2D eigenvalue weighted by atomic mass is 16.4. The molecular weight excluding hydrogens is 254 g/mol. The van der Waals surface area contributed by atoms with Crippen molar-refractivity contribution >= 4 is 30.2 Å². The number of rotatable bonds is 1. The lowest BCUT2D eigenvalue weighted by Crippen LogP contribution is -2.26. The molecule has 1 N–H and O–H groups in total. The molecule has 20 heavy (non-hydrogen) atoms. The zero-order valence-electron chi connectivity index (χ0n) is 10.3. The van der Waals surface area contributed by atoms with Gasteiger partial charge in [0.05, 0.1) is 16.3 Å². The molecule has 0 saturated carbocycles. The first kappa shape index (κ1) is 11.0. The number of aliphatic imine (C=N–C) groups is 1. The van der Waals surface area contributed by atoms with Crippen molar-refractivity contribution in [3.05, 3.63) is 52.3 Å². The van der Waals surface area contributed by atoms with E-state index in [0.29, 0.717) is 5.82 Å². The topological polar surface area (TPSA) is 75.4 Å². The van der Waals surface area contributed by atoms with E-state index in [4.69, 9.17) is 5.11 Å². The third-order valence-corrected chi connectivity index (χ3v) is 3.62. The van der Waals surface area contributed by atoms with Gasteiger partial charge in [-0.25, -0.2) is 14.8 Å². The number of pyridine rings is 2. The summed E-state index contributed by atoms with van der Waals surface area (Å²) >= 11 is 0. The standard InChI is InChI=1S/C15H9N3O2/c19-14(20)10-4-9-5-15(6-12(9)17-7-10)8-18-13-11(15)2-1-3-16-13/h1-8H,(H,19,20). The molecule has 2 aliphatic rings. The van der Waals surface area contributed by atoms with Crippen LogP contribution in [-0.4, -0.2) is 27.3 Å². The highest BCUT2D eigenvalue weighted by Gasteiger charge is 2.35. The second kappa shape index (κ2) is 3.60. The number of aromatic carboxylic acids is 1. The van der Waals surface area contributed by atoms with Gasteiger partial charge in [0.15, 0.2) is 5.82 Å². The minimum absolute atomic E-state index is 0.187. The van der Waals surface area contributed by atoms with Crippen LogP contribution in [0.1, 0.15) is 15.9 Å². The lowest BCUT2D eigenvalue weighted by Gasteiger charge is -2.15. The third-order valence-electron chi connectivity index (χ3n) is 3.62. The summed E-state index contributed by atoms with van der Waals surface area (Å²) in [6, 6.07) is 5.49. The van der Waals surface area contributed by atoms with Crippen LogP contribution in [0.2, 0.25) is 0 Å². The van der Waals surface area contributed by atoms with Crippen LogP contribution in [0, 0.1) is 0 Å². The van der Waals surface area contributed by atoms with Crippen LogP contribution >= 0.6 is 0 Å². The molecule has 2 aromatic rings.